The van der Waals surface area contributed by atoms with Gasteiger partial charge in [-0.1, -0.05) is 6.92 Å². The van der Waals surface area contributed by atoms with Gasteiger partial charge in [-0.15, -0.1) is 11.3 Å². The molecular formula is C14H24N2S. The van der Waals surface area contributed by atoms with Crippen LogP contribution in [0.3, 0.4) is 0 Å². The fourth-order valence-electron chi connectivity index (χ4n) is 2.40. The number of nitrogens with zero attached hydrogens (tertiary/aromatic N) is 1. The van der Waals surface area contributed by atoms with Crippen LogP contribution in [0.25, 0.3) is 0 Å². The Morgan fingerprint density at radius 2 is 2.29 bits per heavy atom. The first-order chi connectivity index (χ1) is 8.02. The molecule has 0 spiro atoms. The monoisotopic (exact) mass is 252 g/mol. The van der Waals surface area contributed by atoms with Gasteiger partial charge in [0.25, 0.3) is 0 Å². The highest BCUT2D eigenvalue weighted by atomic mass is 32.1. The molecule has 2 unspecified atom stereocenters. The van der Waals surface area contributed by atoms with E-state index in [1.807, 2.05) is 11.3 Å². The van der Waals surface area contributed by atoms with Gasteiger partial charge in [-0.2, -0.15) is 0 Å². The third-order valence-corrected chi connectivity index (χ3v) is 4.92. The highest BCUT2D eigenvalue weighted by Gasteiger charge is 2.32. The van der Waals surface area contributed by atoms with E-state index in [1.165, 1.54) is 16.2 Å². The zero-order chi connectivity index (χ0) is 12.5. The highest BCUT2D eigenvalue weighted by Crippen LogP contribution is 2.23. The number of piperazine rings is 1. The molecule has 2 rings (SSSR count). The Labute approximate surface area is 109 Å². The van der Waals surface area contributed by atoms with Crippen molar-refractivity contribution in [2.75, 3.05) is 13.1 Å². The summed E-state index contributed by atoms with van der Waals surface area (Å²) >= 11 is 1.93. The van der Waals surface area contributed by atoms with Crippen LogP contribution in [0.1, 0.15) is 36.9 Å². The van der Waals surface area contributed by atoms with Gasteiger partial charge in [0.05, 0.1) is 0 Å². The normalized spacial score (nSPS) is 30.7. The second kappa shape index (κ2) is 5.09. The molecule has 1 aliphatic rings. The SMILES string of the molecule is CCC1(C)CN(Cc2ccc(C)s2)C(C)CN1. The molecule has 1 aliphatic heterocycles. The number of aryl methyl sites for hydroxylation is 1. The molecule has 2 heterocycles. The summed E-state index contributed by atoms with van der Waals surface area (Å²) in [5, 5.41) is 3.68. The quantitative estimate of drug-likeness (QED) is 0.889. The topological polar surface area (TPSA) is 15.3 Å². The van der Waals surface area contributed by atoms with Crippen LogP contribution < -0.4 is 5.32 Å². The van der Waals surface area contributed by atoms with Crippen molar-refractivity contribution >= 4 is 11.3 Å². The van der Waals surface area contributed by atoms with E-state index in [4.69, 9.17) is 0 Å². The van der Waals surface area contributed by atoms with Crippen LogP contribution >= 0.6 is 11.3 Å². The van der Waals surface area contributed by atoms with Crippen molar-refractivity contribution in [1.82, 2.24) is 10.2 Å². The Hall–Kier alpha value is -0.380. The van der Waals surface area contributed by atoms with E-state index in [0.29, 0.717) is 11.6 Å². The average molecular weight is 252 g/mol. The Balaban J connectivity index is 2.03. The van der Waals surface area contributed by atoms with Gasteiger partial charge in [0, 0.05) is 41.0 Å². The first-order valence-corrected chi connectivity index (χ1v) is 7.38. The lowest BCUT2D eigenvalue weighted by molar-refractivity contribution is 0.0875. The number of rotatable bonds is 3. The van der Waals surface area contributed by atoms with Gasteiger partial charge in [0.1, 0.15) is 0 Å². The molecule has 0 radical (unpaired) electrons. The Bertz CT molecular complexity index is 374. The molecule has 1 aromatic rings. The van der Waals surface area contributed by atoms with E-state index in [0.717, 1.165) is 19.6 Å². The van der Waals surface area contributed by atoms with Crippen LogP contribution in [0.5, 0.6) is 0 Å². The minimum atomic E-state index is 0.290. The van der Waals surface area contributed by atoms with E-state index in [1.54, 1.807) is 0 Å². The van der Waals surface area contributed by atoms with Crippen molar-refractivity contribution < 1.29 is 0 Å². The van der Waals surface area contributed by atoms with Crippen LogP contribution in [0.4, 0.5) is 0 Å². The first kappa shape index (κ1) is 13.1. The maximum absolute atomic E-state index is 3.68. The lowest BCUT2D eigenvalue weighted by atomic mass is 9.94. The second-order valence-corrected chi connectivity index (χ2v) is 6.93. The molecule has 0 saturated carbocycles. The molecule has 1 aromatic heterocycles. The number of hydrogen-bond acceptors (Lipinski definition) is 3. The highest BCUT2D eigenvalue weighted by molar-refractivity contribution is 7.11. The maximum Gasteiger partial charge on any atom is 0.0332 e. The molecule has 1 saturated heterocycles. The second-order valence-electron chi connectivity index (χ2n) is 5.56. The molecule has 17 heavy (non-hydrogen) atoms. The van der Waals surface area contributed by atoms with Gasteiger partial charge in [-0.25, -0.2) is 0 Å². The van der Waals surface area contributed by atoms with E-state index < -0.39 is 0 Å². The van der Waals surface area contributed by atoms with Crippen LogP contribution in [-0.4, -0.2) is 29.6 Å². The molecule has 0 amide bonds. The number of hydrogen-bond donors (Lipinski definition) is 1. The van der Waals surface area contributed by atoms with Gasteiger partial charge in [-0.3, -0.25) is 4.90 Å². The standard InChI is InChI=1S/C14H24N2S/c1-5-14(4)10-16(11(2)8-15-14)9-13-7-6-12(3)17-13/h6-7,11,15H,5,8-10H2,1-4H3. The van der Waals surface area contributed by atoms with Crippen molar-refractivity contribution in [3.05, 3.63) is 21.9 Å². The van der Waals surface area contributed by atoms with Crippen molar-refractivity contribution in [3.63, 3.8) is 0 Å². The third kappa shape index (κ3) is 3.09. The first-order valence-electron chi connectivity index (χ1n) is 6.57. The average Bonchev–Trinajstić information content (AvgIpc) is 2.70. The van der Waals surface area contributed by atoms with Gasteiger partial charge in [-0.05, 0) is 39.3 Å². The summed E-state index contributed by atoms with van der Waals surface area (Å²) in [6.45, 7) is 12.5. The summed E-state index contributed by atoms with van der Waals surface area (Å²) in [6, 6.07) is 5.14. The predicted octanol–water partition coefficient (Wildman–Crippen LogP) is 3.02. The summed E-state index contributed by atoms with van der Waals surface area (Å²) < 4.78 is 0. The van der Waals surface area contributed by atoms with Crippen molar-refractivity contribution in [2.45, 2.75) is 52.2 Å². The minimum absolute atomic E-state index is 0.290. The third-order valence-electron chi connectivity index (χ3n) is 3.93. The lowest BCUT2D eigenvalue weighted by Crippen LogP contribution is -2.61. The molecule has 3 heteroatoms. The fourth-order valence-corrected chi connectivity index (χ4v) is 3.32. The molecule has 96 valence electrons. The number of nitrogens with one attached hydrogen (secondary N) is 1. The van der Waals surface area contributed by atoms with Gasteiger partial charge in [0.2, 0.25) is 0 Å². The van der Waals surface area contributed by atoms with E-state index in [-0.39, 0.29) is 0 Å². The summed E-state index contributed by atoms with van der Waals surface area (Å²) in [7, 11) is 0. The van der Waals surface area contributed by atoms with Crippen LogP contribution in [0.2, 0.25) is 0 Å². The van der Waals surface area contributed by atoms with Crippen molar-refractivity contribution in [3.8, 4) is 0 Å². The fraction of sp³-hybridized carbons (Fsp3) is 0.714. The molecule has 1 N–H and O–H groups in total. The van der Waals surface area contributed by atoms with Crippen LogP contribution in [0.15, 0.2) is 12.1 Å². The van der Waals surface area contributed by atoms with Crippen LogP contribution in [-0.2, 0) is 6.54 Å². The van der Waals surface area contributed by atoms with Crippen molar-refractivity contribution in [2.24, 2.45) is 0 Å². The molecule has 1 fully saturated rings. The summed E-state index contributed by atoms with van der Waals surface area (Å²) in [4.78, 5) is 5.53. The molecule has 0 aliphatic carbocycles. The smallest absolute Gasteiger partial charge is 0.0332 e. The van der Waals surface area contributed by atoms with E-state index in [9.17, 15) is 0 Å². The molecule has 0 aromatic carbocycles. The zero-order valence-electron chi connectivity index (χ0n) is 11.4. The molecular weight excluding hydrogens is 228 g/mol. The predicted molar refractivity (Wildman–Crippen MR) is 75.6 cm³/mol. The van der Waals surface area contributed by atoms with Crippen molar-refractivity contribution in [1.29, 1.82) is 0 Å². The minimum Gasteiger partial charge on any atom is -0.309 e. The van der Waals surface area contributed by atoms with Gasteiger partial charge >= 0.3 is 0 Å². The summed E-state index contributed by atoms with van der Waals surface area (Å²) in [5.41, 5.74) is 0.290. The summed E-state index contributed by atoms with van der Waals surface area (Å²) in [5.74, 6) is 0. The lowest BCUT2D eigenvalue weighted by Gasteiger charge is -2.44. The number of thiophene rings is 1. The molecule has 2 atom stereocenters. The molecule has 0 bridgehead atoms. The Kier molecular flexibility index (Phi) is 3.91. The van der Waals surface area contributed by atoms with Gasteiger partial charge < -0.3 is 5.32 Å². The maximum atomic E-state index is 3.68. The Morgan fingerprint density at radius 3 is 2.88 bits per heavy atom. The summed E-state index contributed by atoms with van der Waals surface area (Å²) in [6.07, 6.45) is 1.19. The largest absolute Gasteiger partial charge is 0.309 e. The van der Waals surface area contributed by atoms with E-state index >= 15 is 0 Å². The van der Waals surface area contributed by atoms with Crippen LogP contribution in [0, 0.1) is 6.92 Å². The zero-order valence-corrected chi connectivity index (χ0v) is 12.2. The Morgan fingerprint density at radius 1 is 1.53 bits per heavy atom. The van der Waals surface area contributed by atoms with Gasteiger partial charge in [0.15, 0.2) is 0 Å². The molecule has 2 nitrogen and oxygen atoms in total. The van der Waals surface area contributed by atoms with E-state index in [2.05, 4.69) is 50.0 Å².